The van der Waals surface area contributed by atoms with Crippen molar-refractivity contribution in [2.75, 3.05) is 0 Å². The van der Waals surface area contributed by atoms with E-state index in [4.69, 9.17) is 16.3 Å². The van der Waals surface area contributed by atoms with Gasteiger partial charge in [0.15, 0.2) is 6.10 Å². The number of amides is 1. The Bertz CT molecular complexity index is 902. The lowest BCUT2D eigenvalue weighted by atomic mass is 10.0. The third kappa shape index (κ3) is 4.12. The lowest BCUT2D eigenvalue weighted by molar-refractivity contribution is -0.127. The maximum absolute atomic E-state index is 12.3. The van der Waals surface area contributed by atoms with Gasteiger partial charge >= 0.3 is 0 Å². The standard InChI is InChI=1S/C21H20ClNO2/c1-14-12-18(10-11-20(14)22)25-15(2)21(24)23-13-17-8-5-7-16-6-3-4-9-19(16)17/h3-12,15H,13H2,1-2H3,(H,23,24). The van der Waals surface area contributed by atoms with Crippen LogP contribution in [0.3, 0.4) is 0 Å². The Morgan fingerprint density at radius 3 is 2.68 bits per heavy atom. The summed E-state index contributed by atoms with van der Waals surface area (Å²) >= 11 is 6.01. The van der Waals surface area contributed by atoms with Gasteiger partial charge in [0, 0.05) is 11.6 Å². The van der Waals surface area contributed by atoms with Crippen LogP contribution in [-0.2, 0) is 11.3 Å². The van der Waals surface area contributed by atoms with Crippen LogP contribution in [0.2, 0.25) is 5.02 Å². The third-order valence-corrected chi connectivity index (χ3v) is 4.57. The molecule has 0 bridgehead atoms. The summed E-state index contributed by atoms with van der Waals surface area (Å²) in [4.78, 5) is 12.3. The molecular weight excluding hydrogens is 334 g/mol. The molecule has 0 saturated heterocycles. The molecule has 0 aliphatic heterocycles. The SMILES string of the molecule is Cc1cc(OC(C)C(=O)NCc2cccc3ccccc23)ccc1Cl. The van der Waals surface area contributed by atoms with Crippen molar-refractivity contribution in [1.82, 2.24) is 5.32 Å². The van der Waals surface area contributed by atoms with Crippen LogP contribution < -0.4 is 10.1 Å². The van der Waals surface area contributed by atoms with E-state index in [9.17, 15) is 4.79 Å². The zero-order valence-electron chi connectivity index (χ0n) is 14.3. The molecule has 3 nitrogen and oxygen atoms in total. The molecule has 128 valence electrons. The van der Waals surface area contributed by atoms with Gasteiger partial charge in [-0.1, -0.05) is 54.1 Å². The molecule has 1 amide bonds. The number of halogens is 1. The summed E-state index contributed by atoms with van der Waals surface area (Å²) in [5, 5.41) is 5.94. The van der Waals surface area contributed by atoms with Crippen molar-refractivity contribution in [2.45, 2.75) is 26.5 Å². The maximum atomic E-state index is 12.3. The van der Waals surface area contributed by atoms with E-state index >= 15 is 0 Å². The Labute approximate surface area is 152 Å². The van der Waals surface area contributed by atoms with Crippen molar-refractivity contribution >= 4 is 28.3 Å². The van der Waals surface area contributed by atoms with Gasteiger partial charge in [0.1, 0.15) is 5.75 Å². The molecular formula is C21H20ClNO2. The zero-order valence-corrected chi connectivity index (χ0v) is 15.0. The first-order chi connectivity index (χ1) is 12.0. The monoisotopic (exact) mass is 353 g/mol. The number of aryl methyl sites for hydroxylation is 1. The van der Waals surface area contributed by atoms with E-state index in [0.717, 1.165) is 21.9 Å². The highest BCUT2D eigenvalue weighted by Gasteiger charge is 2.15. The van der Waals surface area contributed by atoms with Crippen LogP contribution in [0, 0.1) is 6.92 Å². The van der Waals surface area contributed by atoms with Gasteiger partial charge in [-0.15, -0.1) is 0 Å². The van der Waals surface area contributed by atoms with Crippen molar-refractivity contribution in [3.05, 3.63) is 76.8 Å². The Hall–Kier alpha value is -2.52. The van der Waals surface area contributed by atoms with Crippen LogP contribution in [0.15, 0.2) is 60.7 Å². The highest BCUT2D eigenvalue weighted by Crippen LogP contribution is 2.22. The molecule has 1 unspecified atom stereocenters. The first-order valence-corrected chi connectivity index (χ1v) is 8.59. The Morgan fingerprint density at radius 1 is 1.12 bits per heavy atom. The zero-order chi connectivity index (χ0) is 17.8. The molecule has 1 N–H and O–H groups in total. The fourth-order valence-corrected chi connectivity index (χ4v) is 2.84. The highest BCUT2D eigenvalue weighted by molar-refractivity contribution is 6.31. The van der Waals surface area contributed by atoms with Crippen molar-refractivity contribution in [1.29, 1.82) is 0 Å². The molecule has 1 atom stereocenters. The summed E-state index contributed by atoms with van der Waals surface area (Å²) in [7, 11) is 0. The van der Waals surface area contributed by atoms with Gasteiger partial charge in [0.2, 0.25) is 0 Å². The summed E-state index contributed by atoms with van der Waals surface area (Å²) < 4.78 is 5.72. The summed E-state index contributed by atoms with van der Waals surface area (Å²) in [6.45, 7) is 4.11. The minimum absolute atomic E-state index is 0.152. The van der Waals surface area contributed by atoms with Crippen LogP contribution >= 0.6 is 11.6 Å². The number of carbonyl (C=O) groups excluding carboxylic acids is 1. The Kier molecular flexibility index (Phi) is 5.25. The number of hydrogen-bond donors (Lipinski definition) is 1. The van der Waals surface area contributed by atoms with Gasteiger partial charge in [-0.3, -0.25) is 4.79 Å². The van der Waals surface area contributed by atoms with Crippen LogP contribution in [0.5, 0.6) is 5.75 Å². The number of fused-ring (bicyclic) bond motifs is 1. The Morgan fingerprint density at radius 2 is 1.88 bits per heavy atom. The number of rotatable bonds is 5. The molecule has 3 aromatic carbocycles. The van der Waals surface area contributed by atoms with Crippen LogP contribution in [-0.4, -0.2) is 12.0 Å². The van der Waals surface area contributed by atoms with Gasteiger partial charge in [0.05, 0.1) is 0 Å². The van der Waals surface area contributed by atoms with Gasteiger partial charge in [-0.25, -0.2) is 0 Å². The summed E-state index contributed by atoms with van der Waals surface area (Å²) in [6, 6.07) is 19.6. The number of hydrogen-bond acceptors (Lipinski definition) is 2. The molecule has 4 heteroatoms. The first kappa shape index (κ1) is 17.3. The summed E-state index contributed by atoms with van der Waals surface area (Å²) in [5.41, 5.74) is 2.00. The van der Waals surface area contributed by atoms with Crippen molar-refractivity contribution in [3.63, 3.8) is 0 Å². The Balaban J connectivity index is 1.64. The van der Waals surface area contributed by atoms with Gasteiger partial charge < -0.3 is 10.1 Å². The van der Waals surface area contributed by atoms with Crippen molar-refractivity contribution < 1.29 is 9.53 Å². The van der Waals surface area contributed by atoms with Crippen molar-refractivity contribution in [3.8, 4) is 5.75 Å². The van der Waals surface area contributed by atoms with Crippen LogP contribution in [0.4, 0.5) is 0 Å². The molecule has 0 saturated carbocycles. The second-order valence-electron chi connectivity index (χ2n) is 6.03. The minimum atomic E-state index is -0.587. The lowest BCUT2D eigenvalue weighted by Crippen LogP contribution is -2.35. The molecule has 0 radical (unpaired) electrons. The molecule has 3 aromatic rings. The molecule has 0 heterocycles. The predicted molar refractivity (Wildman–Crippen MR) is 102 cm³/mol. The lowest BCUT2D eigenvalue weighted by Gasteiger charge is -2.16. The van der Waals surface area contributed by atoms with Gasteiger partial charge in [-0.2, -0.15) is 0 Å². The number of nitrogens with one attached hydrogen (secondary N) is 1. The summed E-state index contributed by atoms with van der Waals surface area (Å²) in [6.07, 6.45) is -0.587. The van der Waals surface area contributed by atoms with Gasteiger partial charge in [0.25, 0.3) is 5.91 Å². The molecule has 0 aliphatic carbocycles. The number of carbonyl (C=O) groups is 1. The van der Waals surface area contributed by atoms with E-state index in [-0.39, 0.29) is 5.91 Å². The van der Waals surface area contributed by atoms with E-state index in [1.807, 2.05) is 37.3 Å². The number of ether oxygens (including phenoxy) is 1. The molecule has 0 spiro atoms. The van der Waals surface area contributed by atoms with Gasteiger partial charge in [-0.05, 0) is 53.9 Å². The predicted octanol–water partition coefficient (Wildman–Crippen LogP) is 4.89. The van der Waals surface area contributed by atoms with E-state index in [0.29, 0.717) is 17.3 Å². The minimum Gasteiger partial charge on any atom is -0.481 e. The fraction of sp³-hybridized carbons (Fsp3) is 0.190. The molecule has 0 fully saturated rings. The topological polar surface area (TPSA) is 38.3 Å². The largest absolute Gasteiger partial charge is 0.481 e. The smallest absolute Gasteiger partial charge is 0.261 e. The fourth-order valence-electron chi connectivity index (χ4n) is 2.72. The van der Waals surface area contributed by atoms with E-state index in [1.165, 1.54) is 0 Å². The molecule has 3 rings (SSSR count). The average molecular weight is 354 g/mol. The van der Waals surface area contributed by atoms with E-state index < -0.39 is 6.10 Å². The van der Waals surface area contributed by atoms with E-state index in [2.05, 4.69) is 23.5 Å². The first-order valence-electron chi connectivity index (χ1n) is 8.22. The average Bonchev–Trinajstić information content (AvgIpc) is 2.62. The second kappa shape index (κ2) is 7.58. The number of benzene rings is 3. The maximum Gasteiger partial charge on any atom is 0.261 e. The van der Waals surface area contributed by atoms with E-state index in [1.54, 1.807) is 19.1 Å². The summed E-state index contributed by atoms with van der Waals surface area (Å²) in [5.74, 6) is 0.482. The third-order valence-electron chi connectivity index (χ3n) is 4.14. The molecule has 0 aliphatic rings. The molecule has 0 aromatic heterocycles. The highest BCUT2D eigenvalue weighted by atomic mass is 35.5. The normalized spacial score (nSPS) is 12.0. The second-order valence-corrected chi connectivity index (χ2v) is 6.43. The van der Waals surface area contributed by atoms with Crippen LogP contribution in [0.25, 0.3) is 10.8 Å². The van der Waals surface area contributed by atoms with Crippen LogP contribution in [0.1, 0.15) is 18.1 Å². The molecule has 25 heavy (non-hydrogen) atoms. The quantitative estimate of drug-likeness (QED) is 0.709. The van der Waals surface area contributed by atoms with Crippen molar-refractivity contribution in [2.24, 2.45) is 0 Å².